The maximum Gasteiger partial charge on any atom is 0.303 e. The van der Waals surface area contributed by atoms with Crippen LogP contribution in [0.1, 0.15) is 128 Å². The molecule has 1 aliphatic carbocycles. The van der Waals surface area contributed by atoms with Crippen molar-refractivity contribution in [2.45, 2.75) is 128 Å². The second-order valence-electron chi connectivity index (χ2n) is 16.9. The number of hydrogen-bond donors (Lipinski definition) is 2. The lowest BCUT2D eigenvalue weighted by atomic mass is 9.79. The third kappa shape index (κ3) is 8.97. The van der Waals surface area contributed by atoms with Crippen molar-refractivity contribution in [1.29, 1.82) is 0 Å². The highest BCUT2D eigenvalue weighted by Crippen LogP contribution is 2.49. The van der Waals surface area contributed by atoms with Gasteiger partial charge in [-0.05, 0) is 110 Å². The van der Waals surface area contributed by atoms with Gasteiger partial charge in [0.1, 0.15) is 6.54 Å². The lowest BCUT2D eigenvalue weighted by Gasteiger charge is -2.28. The average molecular weight is 790 g/mol. The molecule has 0 aromatic heterocycles. The third-order valence-electron chi connectivity index (χ3n) is 12.2. The molecule has 3 aromatic carbocycles. The van der Waals surface area contributed by atoms with E-state index in [0.717, 1.165) is 86.1 Å². The van der Waals surface area contributed by atoms with Gasteiger partial charge in [-0.2, -0.15) is 13.0 Å². The summed E-state index contributed by atoms with van der Waals surface area (Å²) >= 11 is 0. The summed E-state index contributed by atoms with van der Waals surface area (Å²) in [7, 11) is -4.36. The van der Waals surface area contributed by atoms with Gasteiger partial charge >= 0.3 is 5.97 Å². The molecule has 0 radical (unpaired) electrons. The lowest BCUT2D eigenvalue weighted by molar-refractivity contribution is -0.438. The molecule has 2 heterocycles. The van der Waals surface area contributed by atoms with Gasteiger partial charge < -0.3 is 10.0 Å². The molecule has 0 unspecified atom stereocenters. The largest absolute Gasteiger partial charge is 0.481 e. The molecule has 0 bridgehead atoms. The van der Waals surface area contributed by atoms with Gasteiger partial charge in [0.2, 0.25) is 5.69 Å². The highest BCUT2D eigenvalue weighted by molar-refractivity contribution is 7.85. The molecule has 0 spiro atoms. The summed E-state index contributed by atoms with van der Waals surface area (Å²) in [6.45, 7) is 15.2. The number of para-hydroxylation sites is 1. The number of anilines is 1. The monoisotopic (exact) mass is 789 g/mol. The molecule has 3 aromatic rings. The van der Waals surface area contributed by atoms with E-state index in [9.17, 15) is 22.9 Å². The van der Waals surface area contributed by atoms with E-state index in [1.54, 1.807) is 6.07 Å². The fraction of sp³-hybridized carbons (Fsp3) is 0.429. The predicted octanol–water partition coefficient (Wildman–Crippen LogP) is 11.5. The first-order valence-electron chi connectivity index (χ1n) is 21.0. The number of carbonyl (C=O) groups is 1. The summed E-state index contributed by atoms with van der Waals surface area (Å²) in [6.07, 6.45) is 19.4. The normalized spacial score (nSPS) is 19.0. The van der Waals surface area contributed by atoms with Crippen molar-refractivity contribution >= 4 is 38.7 Å². The summed E-state index contributed by atoms with van der Waals surface area (Å²) in [5.74, 6) is -0.798. The highest BCUT2D eigenvalue weighted by atomic mass is 32.2. The van der Waals surface area contributed by atoms with E-state index in [4.69, 9.17) is 0 Å². The minimum absolute atomic E-state index is 0.0847. The molecule has 0 saturated carbocycles. The third-order valence-corrected chi connectivity index (χ3v) is 13.1. The van der Waals surface area contributed by atoms with E-state index in [1.807, 2.05) is 6.07 Å². The zero-order valence-corrected chi connectivity index (χ0v) is 35.6. The van der Waals surface area contributed by atoms with Crippen molar-refractivity contribution in [3.63, 3.8) is 0 Å². The Labute approximate surface area is 341 Å². The topological polar surface area (TPSA) is 97.9 Å². The van der Waals surface area contributed by atoms with Gasteiger partial charge in [0.25, 0.3) is 10.1 Å². The Morgan fingerprint density at radius 1 is 0.842 bits per heavy atom. The summed E-state index contributed by atoms with van der Waals surface area (Å²) in [5, 5.41) is 9.32. The minimum atomic E-state index is -4.36. The Bertz CT molecular complexity index is 2250. The van der Waals surface area contributed by atoms with Gasteiger partial charge in [0, 0.05) is 53.9 Å². The summed E-state index contributed by atoms with van der Waals surface area (Å²) < 4.78 is 36.9. The number of aliphatic carboxylic acids is 1. The zero-order chi connectivity index (χ0) is 41.0. The van der Waals surface area contributed by atoms with Gasteiger partial charge in [-0.15, -0.1) is 0 Å². The van der Waals surface area contributed by atoms with Gasteiger partial charge in [-0.25, -0.2) is 0 Å². The van der Waals surface area contributed by atoms with E-state index >= 15 is 0 Å². The zero-order valence-electron chi connectivity index (χ0n) is 34.8. The van der Waals surface area contributed by atoms with Crippen molar-refractivity contribution in [1.82, 2.24) is 0 Å². The van der Waals surface area contributed by atoms with E-state index in [2.05, 4.69) is 124 Å². The summed E-state index contributed by atoms with van der Waals surface area (Å²) in [4.78, 5) is 13.6. The molecule has 0 saturated heterocycles. The van der Waals surface area contributed by atoms with Crippen LogP contribution in [0.3, 0.4) is 0 Å². The van der Waals surface area contributed by atoms with E-state index in [0.29, 0.717) is 6.42 Å². The van der Waals surface area contributed by atoms with Crippen LogP contribution < -0.4 is 4.90 Å². The Morgan fingerprint density at radius 3 is 2.26 bits per heavy atom. The Morgan fingerprint density at radius 2 is 1.56 bits per heavy atom. The number of carboxylic acid groups (broad SMARTS) is 1. The van der Waals surface area contributed by atoms with E-state index in [-0.39, 0.29) is 16.7 Å². The first-order chi connectivity index (χ1) is 27.2. The van der Waals surface area contributed by atoms with Crippen LogP contribution in [-0.2, 0) is 32.2 Å². The molecule has 0 atom stereocenters. The van der Waals surface area contributed by atoms with E-state index in [1.165, 1.54) is 52.6 Å². The second-order valence-corrected chi connectivity index (χ2v) is 18.4. The molecule has 2 N–H and O–H groups in total. The molecule has 8 heteroatoms. The maximum absolute atomic E-state index is 12.2. The molecule has 2 aliphatic heterocycles. The van der Waals surface area contributed by atoms with Crippen LogP contribution >= 0.6 is 0 Å². The molecule has 7 nitrogen and oxygen atoms in total. The van der Waals surface area contributed by atoms with Crippen molar-refractivity contribution < 1.29 is 27.4 Å². The van der Waals surface area contributed by atoms with Crippen LogP contribution in [0.4, 0.5) is 11.4 Å². The van der Waals surface area contributed by atoms with Crippen molar-refractivity contribution in [3.05, 3.63) is 130 Å². The Hall–Kier alpha value is -4.53. The molecule has 0 fully saturated rings. The number of carboxylic acids is 1. The quantitative estimate of drug-likeness (QED) is 0.0852. The molecule has 0 amide bonds. The second kappa shape index (κ2) is 17.5. The van der Waals surface area contributed by atoms with Gasteiger partial charge in [0.05, 0.1) is 10.3 Å². The fourth-order valence-electron chi connectivity index (χ4n) is 9.06. The Balaban J connectivity index is 1.48. The molecule has 57 heavy (non-hydrogen) atoms. The highest BCUT2D eigenvalue weighted by Gasteiger charge is 2.44. The summed E-state index contributed by atoms with van der Waals surface area (Å²) in [6, 6.07) is 22.2. The maximum atomic E-state index is 12.2. The van der Waals surface area contributed by atoms with Crippen molar-refractivity contribution in [3.8, 4) is 0 Å². The van der Waals surface area contributed by atoms with Crippen LogP contribution in [-0.4, -0.2) is 47.4 Å². The van der Waals surface area contributed by atoms with E-state index < -0.39 is 21.5 Å². The number of rotatable bonds is 16. The number of nitrogens with zero attached hydrogens (tertiary/aromatic N) is 2. The number of unbranched alkanes of at least 4 members (excludes halogenated alkanes) is 4. The smallest absolute Gasteiger partial charge is 0.303 e. The summed E-state index contributed by atoms with van der Waals surface area (Å²) in [5.41, 5.74) is 12.1. The van der Waals surface area contributed by atoms with Crippen LogP contribution in [0.15, 0.2) is 113 Å². The van der Waals surface area contributed by atoms with Gasteiger partial charge in [-0.1, -0.05) is 102 Å². The van der Waals surface area contributed by atoms with Crippen LogP contribution in [0.25, 0.3) is 5.57 Å². The number of hydrogen-bond acceptors (Lipinski definition) is 4. The standard InChI is InChI=1S/C49H60N2O5S/c1-7-9-13-32-50-42-19-12-11-18-40(42)48(3,4)44(50)29-25-36-16-15-17-37(47(36)38-23-20-35(21-24-38)22-31-46(52)53)26-30-45-49(5,6)41-34-39(57(54,55)56)27-28-43(41)51(45)33-14-10-8-2/h11-12,18-21,23-30,34H,7-10,13-17,22,31-33H2,1-6H3,(H-,52,53,54,55,56)/p+1. The lowest BCUT2D eigenvalue weighted by Crippen LogP contribution is -2.28. The van der Waals surface area contributed by atoms with Gasteiger partial charge in [-0.3, -0.25) is 9.35 Å². The van der Waals surface area contributed by atoms with Crippen LogP contribution in [0.2, 0.25) is 0 Å². The average Bonchev–Trinajstić information content (AvgIpc) is 3.53. The minimum Gasteiger partial charge on any atom is -0.481 e. The number of benzene rings is 3. The number of allylic oxidation sites excluding steroid dienone is 8. The molecule has 3 aliphatic rings. The predicted molar refractivity (Wildman–Crippen MR) is 233 cm³/mol. The number of aryl methyl sites for hydroxylation is 1. The van der Waals surface area contributed by atoms with Crippen LogP contribution in [0, 0.1) is 0 Å². The Kier molecular flexibility index (Phi) is 12.9. The fourth-order valence-corrected chi connectivity index (χ4v) is 9.56. The van der Waals surface area contributed by atoms with Crippen LogP contribution in [0.5, 0.6) is 0 Å². The molecule has 302 valence electrons. The molecular weight excluding hydrogens is 729 g/mol. The SMILES string of the molecule is CCCCCN1/C(=C/C=C2\CCCC(/C=C/C3=[N+](CCCCC)c4ccccc4C3(C)C)=C2c2ccc(CCC(=O)O)cc2)C(C)(C)c2cc(S(=O)(=O)O)ccc21. The van der Waals surface area contributed by atoms with Crippen molar-refractivity contribution in [2.75, 3.05) is 18.0 Å². The first kappa shape index (κ1) is 42.1. The molecule has 6 rings (SSSR count). The van der Waals surface area contributed by atoms with Gasteiger partial charge in [0.15, 0.2) is 5.71 Å². The first-order valence-corrected chi connectivity index (χ1v) is 22.4. The molecular formula is C49H61N2O5S+. The van der Waals surface area contributed by atoms with Crippen molar-refractivity contribution in [2.24, 2.45) is 0 Å². The number of fused-ring (bicyclic) bond motifs is 2.